The molecule has 0 heterocycles. The van der Waals surface area contributed by atoms with Gasteiger partial charge in [0.15, 0.2) is 0 Å². The van der Waals surface area contributed by atoms with E-state index >= 15 is 0 Å². The molecule has 80 valence electrons. The highest BCUT2D eigenvalue weighted by Gasteiger charge is 1.95. The van der Waals surface area contributed by atoms with E-state index in [9.17, 15) is 0 Å². The van der Waals surface area contributed by atoms with Gasteiger partial charge in [-0.1, -0.05) is 66.5 Å². The predicted octanol–water partition coefficient (Wildman–Crippen LogP) is 4.90. The van der Waals surface area contributed by atoms with E-state index in [0.29, 0.717) is 0 Å². The second kappa shape index (κ2) is 17.4. The molecule has 0 amide bonds. The minimum atomic E-state index is 0. The first kappa shape index (κ1) is 18.1. The summed E-state index contributed by atoms with van der Waals surface area (Å²) in [6.07, 6.45) is 11.6. The van der Waals surface area contributed by atoms with Gasteiger partial charge in [-0.15, -0.1) is 0 Å². The van der Waals surface area contributed by atoms with Crippen LogP contribution in [0.3, 0.4) is 0 Å². The molecule has 0 aliphatic heterocycles. The minimum Gasteiger partial charge on any atom is -0.474 e. The topological polar surface area (TPSA) is 9.23 Å². The molecule has 0 N–H and O–H groups in total. The van der Waals surface area contributed by atoms with Crippen molar-refractivity contribution in [3.63, 3.8) is 0 Å². The number of ether oxygens (including phenoxy) is 1. The Kier molecular flexibility index (Phi) is 24.3. The summed E-state index contributed by atoms with van der Waals surface area (Å²) in [5.74, 6) is 0. The van der Waals surface area contributed by atoms with Gasteiger partial charge < -0.3 is 4.74 Å². The van der Waals surface area contributed by atoms with Crippen LogP contribution in [0.1, 0.15) is 53.4 Å². The Morgan fingerprint density at radius 2 is 0.923 bits per heavy atom. The lowest BCUT2D eigenvalue weighted by molar-refractivity contribution is 0.406. The molecule has 0 unspecified atom stereocenters. The molecule has 1 heteroatoms. The van der Waals surface area contributed by atoms with E-state index < -0.39 is 0 Å². The van der Waals surface area contributed by atoms with Gasteiger partial charge in [0.25, 0.3) is 0 Å². The van der Waals surface area contributed by atoms with Crippen LogP contribution in [0.5, 0.6) is 0 Å². The first-order valence-corrected chi connectivity index (χ1v) is 4.29. The highest BCUT2D eigenvalue weighted by molar-refractivity contribution is 4.57. The third kappa shape index (κ3) is 18.3. The van der Waals surface area contributed by atoms with Crippen LogP contribution in [-0.4, -0.2) is 0 Å². The van der Waals surface area contributed by atoms with E-state index in [4.69, 9.17) is 0 Å². The number of hydrogen-bond acceptors (Lipinski definition) is 1. The molecule has 0 spiro atoms. The summed E-state index contributed by atoms with van der Waals surface area (Å²) in [6, 6.07) is 0. The highest BCUT2D eigenvalue weighted by Crippen LogP contribution is 2.15. The molecule has 1 aliphatic carbocycles. The van der Waals surface area contributed by atoms with Gasteiger partial charge >= 0.3 is 0 Å². The highest BCUT2D eigenvalue weighted by atomic mass is 16.5. The SMILES string of the molecule is C.C.C1CCCCC1.C=COC=C. The molecule has 1 nitrogen and oxygen atoms in total. The van der Waals surface area contributed by atoms with Crippen molar-refractivity contribution in [3.8, 4) is 0 Å². The first-order valence-electron chi connectivity index (χ1n) is 4.29. The van der Waals surface area contributed by atoms with Crippen LogP contribution in [0.2, 0.25) is 0 Å². The standard InChI is InChI=1S/C6H12.C4H6O.2CH4/c1-2-4-6-5-3-1;1-3-5-4-2;;/h1-6H2;3-4H,1-2H2;2*1H4. The third-order valence-corrected chi connectivity index (χ3v) is 1.69. The number of hydrogen-bond donors (Lipinski definition) is 0. The summed E-state index contributed by atoms with van der Waals surface area (Å²) in [5, 5.41) is 0. The number of rotatable bonds is 2. The Hall–Kier alpha value is -0.720. The van der Waals surface area contributed by atoms with Gasteiger partial charge in [-0.3, -0.25) is 0 Å². The quantitative estimate of drug-likeness (QED) is 0.557. The van der Waals surface area contributed by atoms with Crippen LogP contribution in [0.25, 0.3) is 0 Å². The molecule has 13 heavy (non-hydrogen) atoms. The third-order valence-electron chi connectivity index (χ3n) is 1.69. The van der Waals surface area contributed by atoms with Crippen molar-refractivity contribution in [2.45, 2.75) is 53.4 Å². The predicted molar refractivity (Wildman–Crippen MR) is 62.6 cm³/mol. The van der Waals surface area contributed by atoms with E-state index in [0.717, 1.165) is 0 Å². The fraction of sp³-hybridized carbons (Fsp3) is 0.667. The molecule has 0 atom stereocenters. The molecule has 1 aliphatic rings. The van der Waals surface area contributed by atoms with Crippen molar-refractivity contribution in [1.82, 2.24) is 0 Å². The summed E-state index contributed by atoms with van der Waals surface area (Å²) < 4.78 is 4.36. The van der Waals surface area contributed by atoms with Gasteiger partial charge in [-0.25, -0.2) is 0 Å². The molecule has 1 rings (SSSR count). The zero-order valence-corrected chi connectivity index (χ0v) is 7.22. The summed E-state index contributed by atoms with van der Waals surface area (Å²) >= 11 is 0. The van der Waals surface area contributed by atoms with E-state index in [1.807, 2.05) is 0 Å². The maximum atomic E-state index is 4.36. The summed E-state index contributed by atoms with van der Waals surface area (Å²) in [4.78, 5) is 0. The lowest BCUT2D eigenvalue weighted by Gasteiger charge is -2.05. The van der Waals surface area contributed by atoms with Crippen LogP contribution in [0, 0.1) is 0 Å². The van der Waals surface area contributed by atoms with Crippen molar-refractivity contribution < 1.29 is 4.74 Å². The van der Waals surface area contributed by atoms with Gasteiger partial charge in [-0.2, -0.15) is 0 Å². The normalized spacial score (nSPS) is 13.2. The van der Waals surface area contributed by atoms with E-state index in [1.165, 1.54) is 51.0 Å². The fourth-order valence-electron chi connectivity index (χ4n) is 1.13. The van der Waals surface area contributed by atoms with E-state index in [-0.39, 0.29) is 14.9 Å². The average molecular weight is 186 g/mol. The van der Waals surface area contributed by atoms with Gasteiger partial charge in [0.05, 0.1) is 12.5 Å². The van der Waals surface area contributed by atoms with Gasteiger partial charge in [0, 0.05) is 0 Å². The van der Waals surface area contributed by atoms with Crippen LogP contribution in [-0.2, 0) is 4.74 Å². The summed E-state index contributed by atoms with van der Waals surface area (Å²) in [7, 11) is 0. The molecule has 0 aromatic rings. The van der Waals surface area contributed by atoms with Crippen molar-refractivity contribution in [1.29, 1.82) is 0 Å². The van der Waals surface area contributed by atoms with Gasteiger partial charge in [0.1, 0.15) is 0 Å². The summed E-state index contributed by atoms with van der Waals surface area (Å²) in [5.41, 5.74) is 0. The molecule has 0 saturated heterocycles. The fourth-order valence-corrected chi connectivity index (χ4v) is 1.13. The Labute approximate surface area is 84.5 Å². The maximum Gasteiger partial charge on any atom is 0.0829 e. The lowest BCUT2D eigenvalue weighted by atomic mass is 10.0. The second-order valence-corrected chi connectivity index (χ2v) is 2.59. The molecule has 0 bridgehead atoms. The second-order valence-electron chi connectivity index (χ2n) is 2.59. The Morgan fingerprint density at radius 3 is 1.00 bits per heavy atom. The molecule has 1 fully saturated rings. The average Bonchev–Trinajstić information content (AvgIpc) is 2.10. The van der Waals surface area contributed by atoms with Crippen LogP contribution in [0.4, 0.5) is 0 Å². The van der Waals surface area contributed by atoms with Crippen molar-refractivity contribution >= 4 is 0 Å². The zero-order valence-electron chi connectivity index (χ0n) is 7.22. The maximum absolute atomic E-state index is 4.36. The van der Waals surface area contributed by atoms with Crippen LogP contribution in [0.15, 0.2) is 25.7 Å². The first-order chi connectivity index (χ1) is 5.41. The van der Waals surface area contributed by atoms with E-state index in [2.05, 4.69) is 17.9 Å². The van der Waals surface area contributed by atoms with Gasteiger partial charge in [0.2, 0.25) is 0 Å². The van der Waals surface area contributed by atoms with Crippen LogP contribution < -0.4 is 0 Å². The Morgan fingerprint density at radius 1 is 0.692 bits per heavy atom. The molecule has 0 aromatic carbocycles. The van der Waals surface area contributed by atoms with Crippen molar-refractivity contribution in [3.05, 3.63) is 25.7 Å². The zero-order chi connectivity index (χ0) is 8.36. The van der Waals surface area contributed by atoms with Crippen LogP contribution >= 0.6 is 0 Å². The molecule has 0 radical (unpaired) electrons. The molecular formula is C12H26O. The van der Waals surface area contributed by atoms with Crippen molar-refractivity contribution in [2.75, 3.05) is 0 Å². The smallest absolute Gasteiger partial charge is 0.0829 e. The minimum absolute atomic E-state index is 0. The Bertz CT molecular complexity index is 75.8. The Balaban J connectivity index is -0.000000136. The lowest BCUT2D eigenvalue weighted by Crippen LogP contribution is -1.85. The van der Waals surface area contributed by atoms with Gasteiger partial charge in [-0.05, 0) is 0 Å². The van der Waals surface area contributed by atoms with Crippen molar-refractivity contribution in [2.24, 2.45) is 0 Å². The molecule has 1 saturated carbocycles. The molecule has 0 aromatic heterocycles. The van der Waals surface area contributed by atoms with E-state index in [1.54, 1.807) is 0 Å². The molecular weight excluding hydrogens is 160 g/mol. The largest absolute Gasteiger partial charge is 0.474 e. The summed E-state index contributed by atoms with van der Waals surface area (Å²) in [6.45, 7) is 6.51. The monoisotopic (exact) mass is 186 g/mol.